The van der Waals surface area contributed by atoms with Crippen molar-refractivity contribution in [1.82, 2.24) is 20.2 Å². The van der Waals surface area contributed by atoms with Crippen LogP contribution in [-0.2, 0) is 16.0 Å². The lowest BCUT2D eigenvalue weighted by molar-refractivity contribution is -0.127. The van der Waals surface area contributed by atoms with E-state index in [1.54, 1.807) is 17.0 Å². The molecule has 1 atom stereocenters. The molecule has 0 saturated carbocycles. The summed E-state index contributed by atoms with van der Waals surface area (Å²) < 4.78 is 5.46. The molecule has 2 amide bonds. The Kier molecular flexibility index (Phi) is 8.90. The Morgan fingerprint density at radius 2 is 1.90 bits per heavy atom. The van der Waals surface area contributed by atoms with Gasteiger partial charge in [-0.25, -0.2) is 9.78 Å². The first-order valence-corrected chi connectivity index (χ1v) is 13.8. The molecule has 2 aromatic rings. The summed E-state index contributed by atoms with van der Waals surface area (Å²) in [5.41, 5.74) is 1.75. The van der Waals surface area contributed by atoms with E-state index in [9.17, 15) is 14.9 Å². The Labute approximate surface area is 230 Å². The van der Waals surface area contributed by atoms with Gasteiger partial charge in [0, 0.05) is 55.6 Å². The number of aryl methyl sites for hydroxylation is 1. The molecule has 2 N–H and O–H groups in total. The number of aromatic nitrogens is 2. The summed E-state index contributed by atoms with van der Waals surface area (Å²) in [6, 6.07) is 11.5. The Balaban J connectivity index is 1.34. The van der Waals surface area contributed by atoms with Crippen molar-refractivity contribution in [2.45, 2.75) is 71.4 Å². The van der Waals surface area contributed by atoms with Crippen molar-refractivity contribution < 1.29 is 14.3 Å². The highest BCUT2D eigenvalue weighted by molar-refractivity contribution is 5.79. The lowest BCUT2D eigenvalue weighted by Crippen LogP contribution is -2.47. The highest BCUT2D eigenvalue weighted by Crippen LogP contribution is 2.25. The van der Waals surface area contributed by atoms with E-state index in [1.165, 1.54) is 0 Å². The monoisotopic (exact) mass is 533 g/mol. The number of likely N-dealkylation sites (tertiary alicyclic amines) is 1. The van der Waals surface area contributed by atoms with E-state index >= 15 is 0 Å². The third-order valence-electron chi connectivity index (χ3n) is 6.90. The molecule has 1 aromatic heterocycles. The van der Waals surface area contributed by atoms with Crippen LogP contribution < -0.4 is 15.5 Å². The molecule has 10 heteroatoms. The first-order chi connectivity index (χ1) is 18.6. The highest BCUT2D eigenvalue weighted by atomic mass is 16.6. The summed E-state index contributed by atoms with van der Waals surface area (Å²) in [5.74, 6) is 1.28. The molecule has 0 unspecified atom stereocenters. The van der Waals surface area contributed by atoms with Gasteiger partial charge in [-0.05, 0) is 64.7 Å². The molecule has 0 spiro atoms. The number of ether oxygens (including phenoxy) is 1. The van der Waals surface area contributed by atoms with Gasteiger partial charge >= 0.3 is 6.09 Å². The van der Waals surface area contributed by atoms with Crippen LogP contribution in [0.2, 0.25) is 0 Å². The molecule has 39 heavy (non-hydrogen) atoms. The Morgan fingerprint density at radius 1 is 1.13 bits per heavy atom. The van der Waals surface area contributed by atoms with E-state index in [1.807, 2.05) is 39.0 Å². The fraction of sp³-hybridized carbons (Fsp3) is 0.552. The third-order valence-corrected chi connectivity index (χ3v) is 6.90. The summed E-state index contributed by atoms with van der Waals surface area (Å²) >= 11 is 0. The largest absolute Gasteiger partial charge is 0.444 e. The average Bonchev–Trinajstić information content (AvgIpc) is 3.36. The lowest BCUT2D eigenvalue weighted by atomic mass is 9.95. The molecule has 3 heterocycles. The maximum atomic E-state index is 13.0. The molecule has 2 aliphatic rings. The van der Waals surface area contributed by atoms with Gasteiger partial charge in [-0.2, -0.15) is 10.2 Å². The normalized spacial score (nSPS) is 18.0. The molecular formula is C29H39N7O3. The van der Waals surface area contributed by atoms with E-state index < -0.39 is 5.60 Å². The Bertz CT molecular complexity index is 1210. The van der Waals surface area contributed by atoms with E-state index in [0.717, 1.165) is 43.0 Å². The quantitative estimate of drug-likeness (QED) is 0.537. The number of nitriles is 1. The number of hydrogen-bond donors (Lipinski definition) is 2. The lowest BCUT2D eigenvalue weighted by Gasteiger charge is -2.33. The smallest absolute Gasteiger partial charge is 0.410 e. The fourth-order valence-corrected chi connectivity index (χ4v) is 4.94. The topological polar surface area (TPSA) is 123 Å². The molecule has 10 nitrogen and oxygen atoms in total. The maximum absolute atomic E-state index is 13.0. The summed E-state index contributed by atoms with van der Waals surface area (Å²) in [6.45, 7) is 10.2. The zero-order valence-corrected chi connectivity index (χ0v) is 23.4. The molecule has 4 rings (SSSR count). The second-order valence-electron chi connectivity index (χ2n) is 11.3. The third kappa shape index (κ3) is 7.82. The zero-order valence-electron chi connectivity index (χ0n) is 23.4. The van der Waals surface area contributed by atoms with Crippen molar-refractivity contribution in [2.24, 2.45) is 5.92 Å². The van der Waals surface area contributed by atoms with Gasteiger partial charge in [-0.1, -0.05) is 19.4 Å². The maximum Gasteiger partial charge on any atom is 0.410 e. The van der Waals surface area contributed by atoms with Gasteiger partial charge in [0.25, 0.3) is 0 Å². The predicted octanol–water partition coefficient (Wildman–Crippen LogP) is 4.39. The van der Waals surface area contributed by atoms with Crippen LogP contribution in [0, 0.1) is 17.2 Å². The van der Waals surface area contributed by atoms with Gasteiger partial charge in [-0.3, -0.25) is 4.79 Å². The standard InChI is InChI=1S/C29H39N7O3/c1-5-7-22-17-25(34-27(32-22)33-23-9-6-8-20(16-23)18-30)36-15-12-24(19-36)31-26(37)21-10-13-35(14-11-21)28(38)39-29(2,3)4/h6,8-9,16-17,21,24H,5,7,10-15,19H2,1-4H3,(H,31,37)(H,32,33,34)/t24-/m0/s1. The number of amides is 2. The van der Waals surface area contributed by atoms with Crippen molar-refractivity contribution in [1.29, 1.82) is 5.26 Å². The number of carbonyl (C=O) groups is 2. The number of piperidine rings is 1. The molecule has 2 saturated heterocycles. The van der Waals surface area contributed by atoms with Crippen molar-refractivity contribution in [2.75, 3.05) is 36.4 Å². The molecule has 0 radical (unpaired) electrons. The summed E-state index contributed by atoms with van der Waals surface area (Å²) in [4.78, 5) is 38.7. The second kappa shape index (κ2) is 12.3. The minimum atomic E-state index is -0.528. The number of benzene rings is 1. The first kappa shape index (κ1) is 28.1. The van der Waals surface area contributed by atoms with Gasteiger partial charge in [0.1, 0.15) is 11.4 Å². The number of carbonyl (C=O) groups excluding carboxylic acids is 2. The van der Waals surface area contributed by atoms with Crippen LogP contribution in [0.15, 0.2) is 30.3 Å². The number of rotatable bonds is 7. The van der Waals surface area contributed by atoms with Crippen molar-refractivity contribution >= 4 is 29.5 Å². The van der Waals surface area contributed by atoms with Crippen LogP contribution in [0.5, 0.6) is 0 Å². The minimum Gasteiger partial charge on any atom is -0.444 e. The van der Waals surface area contributed by atoms with Crippen molar-refractivity contribution in [3.05, 3.63) is 41.6 Å². The van der Waals surface area contributed by atoms with Gasteiger partial charge < -0.3 is 25.2 Å². The zero-order chi connectivity index (χ0) is 28.0. The molecule has 2 aliphatic heterocycles. The van der Waals surface area contributed by atoms with E-state index in [-0.39, 0.29) is 24.0 Å². The number of nitrogens with one attached hydrogen (secondary N) is 2. The Morgan fingerprint density at radius 3 is 2.59 bits per heavy atom. The number of nitrogens with zero attached hydrogens (tertiary/aromatic N) is 5. The average molecular weight is 534 g/mol. The van der Waals surface area contributed by atoms with Crippen LogP contribution in [0.25, 0.3) is 0 Å². The van der Waals surface area contributed by atoms with E-state index in [2.05, 4.69) is 33.5 Å². The first-order valence-electron chi connectivity index (χ1n) is 13.8. The van der Waals surface area contributed by atoms with Crippen LogP contribution in [0.1, 0.15) is 64.6 Å². The van der Waals surface area contributed by atoms with E-state index in [4.69, 9.17) is 9.72 Å². The molecule has 2 fully saturated rings. The molecule has 0 bridgehead atoms. The Hall–Kier alpha value is -3.87. The van der Waals surface area contributed by atoms with Gasteiger partial charge in [0.15, 0.2) is 0 Å². The molecule has 208 valence electrons. The fourth-order valence-electron chi connectivity index (χ4n) is 4.94. The molecule has 1 aromatic carbocycles. The molecular weight excluding hydrogens is 494 g/mol. The van der Waals surface area contributed by atoms with Gasteiger partial charge in [0.2, 0.25) is 11.9 Å². The van der Waals surface area contributed by atoms with Gasteiger partial charge in [0.05, 0.1) is 11.6 Å². The summed E-state index contributed by atoms with van der Waals surface area (Å²) in [7, 11) is 0. The highest BCUT2D eigenvalue weighted by Gasteiger charge is 2.32. The SMILES string of the molecule is CCCc1cc(N2CC[C@H](NC(=O)C3CCN(C(=O)OC(C)(C)C)CC3)C2)nc(Nc2cccc(C#N)c2)n1. The summed E-state index contributed by atoms with van der Waals surface area (Å²) in [5, 5.41) is 15.7. The van der Waals surface area contributed by atoms with E-state index in [0.29, 0.717) is 44.0 Å². The second-order valence-corrected chi connectivity index (χ2v) is 11.3. The number of hydrogen-bond acceptors (Lipinski definition) is 8. The minimum absolute atomic E-state index is 0.0368. The van der Waals surface area contributed by atoms with Crippen LogP contribution in [-0.4, -0.2) is 64.7 Å². The summed E-state index contributed by atoms with van der Waals surface area (Å²) in [6.07, 6.45) is 3.59. The van der Waals surface area contributed by atoms with Crippen LogP contribution >= 0.6 is 0 Å². The van der Waals surface area contributed by atoms with Crippen LogP contribution in [0.3, 0.4) is 0 Å². The van der Waals surface area contributed by atoms with Crippen LogP contribution in [0.4, 0.5) is 22.2 Å². The van der Waals surface area contributed by atoms with Crippen molar-refractivity contribution in [3.63, 3.8) is 0 Å². The number of anilines is 3. The van der Waals surface area contributed by atoms with Crippen molar-refractivity contribution in [3.8, 4) is 6.07 Å². The van der Waals surface area contributed by atoms with Gasteiger partial charge in [-0.15, -0.1) is 0 Å². The molecule has 0 aliphatic carbocycles. The predicted molar refractivity (Wildman–Crippen MR) is 150 cm³/mol.